The molecule has 0 aliphatic rings. The minimum absolute atomic E-state index is 0.0186. The van der Waals surface area contributed by atoms with Gasteiger partial charge in [-0.3, -0.25) is 4.79 Å². The molecule has 0 aliphatic heterocycles. The molecule has 0 heterocycles. The van der Waals surface area contributed by atoms with Crippen LogP contribution in [0.2, 0.25) is 0 Å². The Labute approximate surface area is 95.7 Å². The van der Waals surface area contributed by atoms with E-state index in [0.717, 1.165) is 5.56 Å². The van der Waals surface area contributed by atoms with Crippen molar-refractivity contribution in [2.75, 3.05) is 20.7 Å². The zero-order valence-corrected chi connectivity index (χ0v) is 9.53. The molecule has 0 spiro atoms. The molecule has 0 atom stereocenters. The molecule has 1 amide bonds. The Morgan fingerprint density at radius 2 is 1.94 bits per heavy atom. The van der Waals surface area contributed by atoms with Crippen molar-refractivity contribution in [1.29, 1.82) is 0 Å². The van der Waals surface area contributed by atoms with Crippen LogP contribution in [-0.2, 0) is 0 Å². The van der Waals surface area contributed by atoms with Crippen LogP contribution in [0.5, 0.6) is 0 Å². The van der Waals surface area contributed by atoms with E-state index in [1.165, 1.54) is 4.90 Å². The molecule has 0 aromatic heterocycles. The number of carbonyl (C=O) groups excluding carboxylic acids is 1. The van der Waals surface area contributed by atoms with Crippen LogP contribution in [0.3, 0.4) is 0 Å². The van der Waals surface area contributed by atoms with Gasteiger partial charge < -0.3 is 10.0 Å². The number of aliphatic hydroxyl groups excluding tert-OH is 1. The highest BCUT2D eigenvalue weighted by molar-refractivity contribution is 5.93. The molecule has 0 aliphatic carbocycles. The second-order valence-electron chi connectivity index (χ2n) is 3.55. The number of nitrogens with zero attached hydrogens (tertiary/aromatic N) is 1. The Hall–Kier alpha value is -1.79. The van der Waals surface area contributed by atoms with Crippen LogP contribution < -0.4 is 0 Å². The van der Waals surface area contributed by atoms with Gasteiger partial charge in [0.1, 0.15) is 0 Å². The fourth-order valence-corrected chi connectivity index (χ4v) is 1.17. The summed E-state index contributed by atoms with van der Waals surface area (Å²) in [6, 6.07) is 7.12. The van der Waals surface area contributed by atoms with E-state index < -0.39 is 0 Å². The van der Waals surface area contributed by atoms with Gasteiger partial charge in [0, 0.05) is 31.6 Å². The van der Waals surface area contributed by atoms with Gasteiger partial charge >= 0.3 is 0 Å². The van der Waals surface area contributed by atoms with Crippen LogP contribution in [0.25, 0.3) is 0 Å². The number of carbonyl (C=O) groups is 1. The van der Waals surface area contributed by atoms with Crippen molar-refractivity contribution in [3.05, 3.63) is 35.4 Å². The SMILES string of the molecule is CN(C)C(=O)c1ccc(C#CCCO)cc1. The van der Waals surface area contributed by atoms with E-state index in [4.69, 9.17) is 5.11 Å². The molecule has 0 saturated carbocycles. The maximum Gasteiger partial charge on any atom is 0.253 e. The van der Waals surface area contributed by atoms with E-state index >= 15 is 0 Å². The molecule has 1 aromatic rings. The van der Waals surface area contributed by atoms with Crippen LogP contribution >= 0.6 is 0 Å². The Balaban J connectivity index is 2.77. The molecule has 0 radical (unpaired) electrons. The quantitative estimate of drug-likeness (QED) is 0.754. The van der Waals surface area contributed by atoms with Crippen LogP contribution in [0.4, 0.5) is 0 Å². The number of hydrogen-bond acceptors (Lipinski definition) is 2. The maximum absolute atomic E-state index is 11.6. The van der Waals surface area contributed by atoms with Crippen molar-refractivity contribution in [3.63, 3.8) is 0 Å². The molecule has 0 unspecified atom stereocenters. The first kappa shape index (κ1) is 12.3. The van der Waals surface area contributed by atoms with Crippen LogP contribution in [0.1, 0.15) is 22.3 Å². The summed E-state index contributed by atoms with van der Waals surface area (Å²) in [5, 5.41) is 8.57. The third kappa shape index (κ3) is 3.41. The van der Waals surface area contributed by atoms with Crippen molar-refractivity contribution in [3.8, 4) is 11.8 Å². The summed E-state index contributed by atoms with van der Waals surface area (Å²) in [5.74, 6) is 5.71. The third-order valence-corrected chi connectivity index (χ3v) is 2.01. The summed E-state index contributed by atoms with van der Waals surface area (Å²) in [5.41, 5.74) is 1.50. The second-order valence-corrected chi connectivity index (χ2v) is 3.55. The average Bonchev–Trinajstić information content (AvgIpc) is 2.29. The lowest BCUT2D eigenvalue weighted by Crippen LogP contribution is -2.21. The highest BCUT2D eigenvalue weighted by Gasteiger charge is 2.06. The molecule has 84 valence electrons. The Morgan fingerprint density at radius 3 is 2.44 bits per heavy atom. The molecule has 3 heteroatoms. The first-order valence-corrected chi connectivity index (χ1v) is 5.06. The number of hydrogen-bond donors (Lipinski definition) is 1. The lowest BCUT2D eigenvalue weighted by molar-refractivity contribution is 0.0827. The largest absolute Gasteiger partial charge is 0.395 e. The zero-order valence-electron chi connectivity index (χ0n) is 9.53. The number of amides is 1. The summed E-state index contributed by atoms with van der Waals surface area (Å²) in [6.07, 6.45) is 0.471. The van der Waals surface area contributed by atoms with Gasteiger partial charge in [0.25, 0.3) is 5.91 Å². The molecule has 0 saturated heterocycles. The van der Waals surface area contributed by atoms with Gasteiger partial charge in [-0.05, 0) is 24.3 Å². The van der Waals surface area contributed by atoms with Crippen molar-refractivity contribution in [2.45, 2.75) is 6.42 Å². The summed E-state index contributed by atoms with van der Waals surface area (Å²) in [6.45, 7) is 0.0736. The average molecular weight is 217 g/mol. The van der Waals surface area contributed by atoms with E-state index in [0.29, 0.717) is 12.0 Å². The van der Waals surface area contributed by atoms with Crippen molar-refractivity contribution in [1.82, 2.24) is 4.90 Å². The fraction of sp³-hybridized carbons (Fsp3) is 0.308. The molecule has 16 heavy (non-hydrogen) atoms. The number of benzene rings is 1. The second kappa shape index (κ2) is 5.94. The van der Waals surface area contributed by atoms with Crippen LogP contribution in [0, 0.1) is 11.8 Å². The lowest BCUT2D eigenvalue weighted by atomic mass is 10.1. The third-order valence-electron chi connectivity index (χ3n) is 2.01. The Bertz CT molecular complexity index is 410. The monoisotopic (exact) mass is 217 g/mol. The molecular formula is C13H15NO2. The summed E-state index contributed by atoms with van der Waals surface area (Å²) >= 11 is 0. The van der Waals surface area contributed by atoms with E-state index in [2.05, 4.69) is 11.8 Å². The van der Waals surface area contributed by atoms with Gasteiger partial charge in [-0.25, -0.2) is 0 Å². The van der Waals surface area contributed by atoms with E-state index in [9.17, 15) is 4.79 Å². The van der Waals surface area contributed by atoms with E-state index in [1.54, 1.807) is 38.4 Å². The van der Waals surface area contributed by atoms with E-state index in [-0.39, 0.29) is 12.5 Å². The summed E-state index contributed by atoms with van der Waals surface area (Å²) < 4.78 is 0. The van der Waals surface area contributed by atoms with Crippen molar-refractivity contribution >= 4 is 5.91 Å². The maximum atomic E-state index is 11.6. The van der Waals surface area contributed by atoms with Crippen LogP contribution in [-0.4, -0.2) is 36.6 Å². The molecule has 1 N–H and O–H groups in total. The minimum atomic E-state index is -0.0186. The summed E-state index contributed by atoms with van der Waals surface area (Å²) in [4.78, 5) is 13.1. The summed E-state index contributed by atoms with van der Waals surface area (Å²) in [7, 11) is 3.44. The molecule has 0 fully saturated rings. The van der Waals surface area contributed by atoms with Gasteiger partial charge in [0.2, 0.25) is 0 Å². The first-order valence-electron chi connectivity index (χ1n) is 5.06. The lowest BCUT2D eigenvalue weighted by Gasteiger charge is -2.09. The number of rotatable bonds is 2. The normalized spacial score (nSPS) is 9.19. The van der Waals surface area contributed by atoms with Gasteiger partial charge in [-0.1, -0.05) is 11.8 Å². The Kier molecular flexibility index (Phi) is 4.56. The number of aliphatic hydroxyl groups is 1. The molecule has 0 bridgehead atoms. The predicted octanol–water partition coefficient (Wildman–Crippen LogP) is 1.12. The highest BCUT2D eigenvalue weighted by Crippen LogP contribution is 2.05. The van der Waals surface area contributed by atoms with Crippen LogP contribution in [0.15, 0.2) is 24.3 Å². The standard InChI is InChI=1S/C13H15NO2/c1-14(2)13(16)12-8-6-11(7-9-12)5-3-4-10-15/h6-9,15H,4,10H2,1-2H3. The van der Waals surface area contributed by atoms with Gasteiger partial charge in [-0.15, -0.1) is 0 Å². The highest BCUT2D eigenvalue weighted by atomic mass is 16.2. The smallest absolute Gasteiger partial charge is 0.253 e. The molecule has 1 aromatic carbocycles. The molecular weight excluding hydrogens is 202 g/mol. The van der Waals surface area contributed by atoms with Gasteiger partial charge in [0.05, 0.1) is 6.61 Å². The van der Waals surface area contributed by atoms with Gasteiger partial charge in [-0.2, -0.15) is 0 Å². The molecule has 1 rings (SSSR count). The predicted molar refractivity (Wildman–Crippen MR) is 63.0 cm³/mol. The van der Waals surface area contributed by atoms with Crippen molar-refractivity contribution < 1.29 is 9.90 Å². The van der Waals surface area contributed by atoms with Crippen molar-refractivity contribution in [2.24, 2.45) is 0 Å². The topological polar surface area (TPSA) is 40.5 Å². The first-order chi connectivity index (χ1) is 7.65. The molecule has 3 nitrogen and oxygen atoms in total. The van der Waals surface area contributed by atoms with E-state index in [1.807, 2.05) is 0 Å². The fourth-order valence-electron chi connectivity index (χ4n) is 1.17. The van der Waals surface area contributed by atoms with Gasteiger partial charge in [0.15, 0.2) is 0 Å². The minimum Gasteiger partial charge on any atom is -0.395 e. The zero-order chi connectivity index (χ0) is 12.0. The Morgan fingerprint density at radius 1 is 1.31 bits per heavy atom.